The SMILES string of the molecule is C=CCN(c1ccc(F)cc1)S(=O)(=O)c1cc(C(=O)N(C)OC)ccc1Cl. The van der Waals surface area contributed by atoms with Crippen LogP contribution in [-0.4, -0.2) is 40.1 Å². The predicted octanol–water partition coefficient (Wildman–Crippen LogP) is 3.49. The normalized spacial score (nSPS) is 11.1. The Morgan fingerprint density at radius 3 is 2.44 bits per heavy atom. The summed E-state index contributed by atoms with van der Waals surface area (Å²) in [6.45, 7) is 3.49. The van der Waals surface area contributed by atoms with Gasteiger partial charge in [-0.3, -0.25) is 13.9 Å². The van der Waals surface area contributed by atoms with Crippen LogP contribution in [0.25, 0.3) is 0 Å². The summed E-state index contributed by atoms with van der Waals surface area (Å²) in [6.07, 6.45) is 1.39. The zero-order valence-electron chi connectivity index (χ0n) is 14.7. The van der Waals surface area contributed by atoms with Crippen molar-refractivity contribution in [2.24, 2.45) is 0 Å². The quantitative estimate of drug-likeness (QED) is 0.515. The van der Waals surface area contributed by atoms with E-state index in [1.165, 1.54) is 50.6 Å². The second kappa shape index (κ2) is 8.51. The van der Waals surface area contributed by atoms with Gasteiger partial charge in [-0.2, -0.15) is 0 Å². The molecule has 0 bridgehead atoms. The van der Waals surface area contributed by atoms with Gasteiger partial charge >= 0.3 is 0 Å². The Balaban J connectivity index is 2.57. The lowest BCUT2D eigenvalue weighted by Gasteiger charge is -2.24. The molecule has 0 radical (unpaired) electrons. The van der Waals surface area contributed by atoms with Crippen molar-refractivity contribution >= 4 is 33.2 Å². The number of hydrogen-bond donors (Lipinski definition) is 0. The summed E-state index contributed by atoms with van der Waals surface area (Å²) in [6, 6.07) is 8.86. The molecule has 0 atom stereocenters. The van der Waals surface area contributed by atoms with Crippen LogP contribution in [0.3, 0.4) is 0 Å². The molecule has 6 nitrogen and oxygen atoms in total. The molecule has 0 N–H and O–H groups in total. The Kier molecular flexibility index (Phi) is 6.59. The average molecular weight is 413 g/mol. The Labute approximate surface area is 162 Å². The highest BCUT2D eigenvalue weighted by atomic mass is 35.5. The predicted molar refractivity (Wildman–Crippen MR) is 102 cm³/mol. The van der Waals surface area contributed by atoms with Crippen molar-refractivity contribution in [1.29, 1.82) is 0 Å². The van der Waals surface area contributed by atoms with Gasteiger partial charge < -0.3 is 0 Å². The highest BCUT2D eigenvalue weighted by Crippen LogP contribution is 2.30. The Bertz CT molecular complexity index is 948. The van der Waals surface area contributed by atoms with Gasteiger partial charge in [0.15, 0.2) is 0 Å². The summed E-state index contributed by atoms with van der Waals surface area (Å²) in [4.78, 5) is 16.8. The second-order valence-electron chi connectivity index (χ2n) is 5.43. The van der Waals surface area contributed by atoms with E-state index in [2.05, 4.69) is 6.58 Å². The lowest BCUT2D eigenvalue weighted by Crippen LogP contribution is -2.32. The first-order valence-corrected chi connectivity index (χ1v) is 9.55. The number of nitrogens with zero attached hydrogens (tertiary/aromatic N) is 2. The van der Waals surface area contributed by atoms with Gasteiger partial charge in [-0.15, -0.1) is 6.58 Å². The molecule has 0 aliphatic carbocycles. The summed E-state index contributed by atoms with van der Waals surface area (Å²) in [5.74, 6) is -1.04. The third-order valence-electron chi connectivity index (χ3n) is 3.72. The van der Waals surface area contributed by atoms with Gasteiger partial charge in [-0.1, -0.05) is 17.7 Å². The van der Waals surface area contributed by atoms with Crippen molar-refractivity contribution in [2.45, 2.75) is 4.90 Å². The van der Waals surface area contributed by atoms with Crippen molar-refractivity contribution in [3.63, 3.8) is 0 Å². The molecule has 0 saturated heterocycles. The fourth-order valence-corrected chi connectivity index (χ4v) is 4.22. The van der Waals surface area contributed by atoms with Gasteiger partial charge in [0.1, 0.15) is 10.7 Å². The highest BCUT2D eigenvalue weighted by Gasteiger charge is 2.28. The number of carbonyl (C=O) groups is 1. The van der Waals surface area contributed by atoms with Crippen LogP contribution in [0.5, 0.6) is 0 Å². The lowest BCUT2D eigenvalue weighted by atomic mass is 10.2. The fourth-order valence-electron chi connectivity index (χ4n) is 2.28. The van der Waals surface area contributed by atoms with Gasteiger partial charge in [-0.05, 0) is 42.5 Å². The van der Waals surface area contributed by atoms with Gasteiger partial charge in [0.25, 0.3) is 15.9 Å². The topological polar surface area (TPSA) is 66.9 Å². The third-order valence-corrected chi connectivity index (χ3v) is 5.99. The third kappa shape index (κ3) is 4.47. The minimum absolute atomic E-state index is 0.0530. The van der Waals surface area contributed by atoms with Crippen LogP contribution < -0.4 is 4.31 Å². The molecule has 0 aliphatic heterocycles. The van der Waals surface area contributed by atoms with Crippen molar-refractivity contribution in [1.82, 2.24) is 5.06 Å². The number of halogens is 2. The number of sulfonamides is 1. The number of hydrogen-bond acceptors (Lipinski definition) is 4. The van der Waals surface area contributed by atoms with Crippen LogP contribution in [0, 0.1) is 5.82 Å². The van der Waals surface area contributed by atoms with E-state index in [4.69, 9.17) is 16.4 Å². The monoisotopic (exact) mass is 412 g/mol. The van der Waals surface area contributed by atoms with E-state index in [1.807, 2.05) is 0 Å². The van der Waals surface area contributed by atoms with E-state index in [-0.39, 0.29) is 27.7 Å². The summed E-state index contributed by atoms with van der Waals surface area (Å²) < 4.78 is 40.6. The fraction of sp³-hybridized carbons (Fsp3) is 0.167. The van der Waals surface area contributed by atoms with Gasteiger partial charge in [0, 0.05) is 12.6 Å². The first-order valence-electron chi connectivity index (χ1n) is 7.73. The standard InChI is InChI=1S/C18H18ClFN2O4S/c1-4-11-22(15-8-6-14(20)7-9-15)27(24,25)17-12-13(5-10-16(17)19)18(23)21(2)26-3/h4-10,12H,1,11H2,2-3H3. The molecule has 2 rings (SSSR count). The van der Waals surface area contributed by atoms with Gasteiger partial charge in [-0.25, -0.2) is 17.9 Å². The maximum Gasteiger partial charge on any atom is 0.277 e. The van der Waals surface area contributed by atoms with Crippen molar-refractivity contribution in [2.75, 3.05) is 25.0 Å². The van der Waals surface area contributed by atoms with Crippen LogP contribution in [0.1, 0.15) is 10.4 Å². The van der Waals surface area contributed by atoms with Crippen LogP contribution >= 0.6 is 11.6 Å². The van der Waals surface area contributed by atoms with Crippen LogP contribution in [-0.2, 0) is 14.9 Å². The van der Waals surface area contributed by atoms with Gasteiger partial charge in [0.2, 0.25) is 0 Å². The van der Waals surface area contributed by atoms with E-state index in [0.29, 0.717) is 0 Å². The Morgan fingerprint density at radius 2 is 1.89 bits per heavy atom. The molecule has 0 spiro atoms. The average Bonchev–Trinajstić information content (AvgIpc) is 2.65. The van der Waals surface area contributed by atoms with Crippen molar-refractivity contribution < 1.29 is 22.4 Å². The van der Waals surface area contributed by atoms with E-state index in [9.17, 15) is 17.6 Å². The van der Waals surface area contributed by atoms with E-state index in [0.717, 1.165) is 21.5 Å². The summed E-state index contributed by atoms with van der Waals surface area (Å²) in [5, 5.41) is 0.906. The first kappa shape index (κ1) is 20.9. The van der Waals surface area contributed by atoms with E-state index >= 15 is 0 Å². The molecule has 2 aromatic carbocycles. The first-order chi connectivity index (χ1) is 12.7. The van der Waals surface area contributed by atoms with Crippen LogP contribution in [0.4, 0.5) is 10.1 Å². The molecule has 0 unspecified atom stereocenters. The van der Waals surface area contributed by atoms with Crippen molar-refractivity contribution in [3.8, 4) is 0 Å². The van der Waals surface area contributed by atoms with Crippen LogP contribution in [0.15, 0.2) is 60.0 Å². The molecule has 2 aromatic rings. The molecule has 144 valence electrons. The lowest BCUT2D eigenvalue weighted by molar-refractivity contribution is -0.0757. The molecule has 1 amide bonds. The molecule has 0 heterocycles. The molecule has 0 saturated carbocycles. The molecule has 0 aromatic heterocycles. The maximum absolute atomic E-state index is 13.2. The second-order valence-corrected chi connectivity index (χ2v) is 7.67. The number of carbonyl (C=O) groups excluding carboxylic acids is 1. The minimum Gasteiger partial charge on any atom is -0.274 e. The molecular weight excluding hydrogens is 395 g/mol. The molecule has 9 heteroatoms. The number of hydroxylamine groups is 2. The molecular formula is C18H18ClFN2O4S. The number of amides is 1. The summed E-state index contributed by atoms with van der Waals surface area (Å²) >= 11 is 6.11. The maximum atomic E-state index is 13.2. The molecule has 0 fully saturated rings. The zero-order chi connectivity index (χ0) is 20.2. The van der Waals surface area contributed by atoms with Crippen LogP contribution in [0.2, 0.25) is 5.02 Å². The molecule has 27 heavy (non-hydrogen) atoms. The van der Waals surface area contributed by atoms with Gasteiger partial charge in [0.05, 0.1) is 24.4 Å². The molecule has 0 aliphatic rings. The summed E-state index contributed by atoms with van der Waals surface area (Å²) in [5.41, 5.74) is 0.318. The largest absolute Gasteiger partial charge is 0.277 e. The number of rotatable bonds is 7. The van der Waals surface area contributed by atoms with E-state index < -0.39 is 21.7 Å². The van der Waals surface area contributed by atoms with Crippen molar-refractivity contribution in [3.05, 3.63) is 71.5 Å². The van der Waals surface area contributed by atoms with E-state index in [1.54, 1.807) is 0 Å². The minimum atomic E-state index is -4.15. The summed E-state index contributed by atoms with van der Waals surface area (Å²) in [7, 11) is -1.44. The smallest absolute Gasteiger partial charge is 0.274 e. The Hall–Kier alpha value is -2.42. The Morgan fingerprint density at radius 1 is 1.26 bits per heavy atom. The highest BCUT2D eigenvalue weighted by molar-refractivity contribution is 7.93. The number of anilines is 1. The number of benzene rings is 2. The zero-order valence-corrected chi connectivity index (χ0v) is 16.3.